The van der Waals surface area contributed by atoms with Gasteiger partial charge in [0, 0.05) is 20.9 Å². The number of amides is 1. The molecule has 18 heavy (non-hydrogen) atoms. The highest BCUT2D eigenvalue weighted by Gasteiger charge is 2.24. The summed E-state index contributed by atoms with van der Waals surface area (Å²) in [7, 11) is 0. The van der Waals surface area contributed by atoms with Crippen LogP contribution in [0.25, 0.3) is 0 Å². The number of nitrogens with one attached hydrogen (secondary N) is 1. The summed E-state index contributed by atoms with van der Waals surface area (Å²) in [5.41, 5.74) is 0.605. The summed E-state index contributed by atoms with van der Waals surface area (Å²) in [5, 5.41) is 3.63. The molecule has 0 heterocycles. The maximum Gasteiger partial charge on any atom is 0.251 e. The van der Waals surface area contributed by atoms with Gasteiger partial charge in [0.05, 0.1) is 5.02 Å². The van der Waals surface area contributed by atoms with E-state index >= 15 is 0 Å². The standard InChI is InChI=1S/C13H14Br2ClNO/c14-9-6-5-8(7-11(9)16)13(18)17-12-4-2-1-3-10(12)15/h5-7,10,12H,1-4H2,(H,17,18). The van der Waals surface area contributed by atoms with Crippen LogP contribution in [0.3, 0.4) is 0 Å². The van der Waals surface area contributed by atoms with Crippen molar-refractivity contribution in [3.63, 3.8) is 0 Å². The van der Waals surface area contributed by atoms with Crippen molar-refractivity contribution in [3.8, 4) is 0 Å². The number of carbonyl (C=O) groups excluding carboxylic acids is 1. The first-order chi connectivity index (χ1) is 8.58. The molecule has 5 heteroatoms. The molecule has 1 fully saturated rings. The highest BCUT2D eigenvalue weighted by molar-refractivity contribution is 9.10. The Morgan fingerprint density at radius 3 is 2.72 bits per heavy atom. The third-order valence-corrected chi connectivity index (χ3v) is 5.51. The van der Waals surface area contributed by atoms with Gasteiger partial charge in [0.1, 0.15) is 0 Å². The summed E-state index contributed by atoms with van der Waals surface area (Å²) in [6, 6.07) is 5.47. The van der Waals surface area contributed by atoms with E-state index in [4.69, 9.17) is 11.6 Å². The molecule has 0 saturated heterocycles. The fourth-order valence-electron chi connectivity index (χ4n) is 2.14. The van der Waals surface area contributed by atoms with Crippen LogP contribution < -0.4 is 5.32 Å². The van der Waals surface area contributed by atoms with Crippen molar-refractivity contribution in [2.45, 2.75) is 36.6 Å². The van der Waals surface area contributed by atoms with Crippen LogP contribution >= 0.6 is 43.5 Å². The van der Waals surface area contributed by atoms with Crippen molar-refractivity contribution in [1.82, 2.24) is 5.32 Å². The summed E-state index contributed by atoms with van der Waals surface area (Å²) >= 11 is 12.9. The van der Waals surface area contributed by atoms with Gasteiger partial charge in [-0.05, 0) is 47.0 Å². The lowest BCUT2D eigenvalue weighted by molar-refractivity contribution is 0.0930. The molecule has 2 rings (SSSR count). The van der Waals surface area contributed by atoms with Crippen molar-refractivity contribution >= 4 is 49.4 Å². The van der Waals surface area contributed by atoms with Gasteiger partial charge in [-0.3, -0.25) is 4.79 Å². The smallest absolute Gasteiger partial charge is 0.251 e. The lowest BCUT2D eigenvalue weighted by atomic mass is 9.95. The molecular weight excluding hydrogens is 381 g/mol. The average Bonchev–Trinajstić information content (AvgIpc) is 2.35. The minimum absolute atomic E-state index is 0.0549. The molecule has 2 atom stereocenters. The first-order valence-electron chi connectivity index (χ1n) is 5.98. The van der Waals surface area contributed by atoms with Crippen molar-refractivity contribution in [1.29, 1.82) is 0 Å². The number of hydrogen-bond acceptors (Lipinski definition) is 1. The second-order valence-corrected chi connectivity index (χ2v) is 6.95. The van der Waals surface area contributed by atoms with Gasteiger partial charge in [-0.1, -0.05) is 40.4 Å². The maximum atomic E-state index is 12.1. The molecular formula is C13H14Br2ClNO. The van der Waals surface area contributed by atoms with E-state index in [0.717, 1.165) is 17.3 Å². The lowest BCUT2D eigenvalue weighted by Gasteiger charge is -2.28. The van der Waals surface area contributed by atoms with Crippen LogP contribution in [0, 0.1) is 0 Å². The van der Waals surface area contributed by atoms with Crippen LogP contribution in [0.2, 0.25) is 5.02 Å². The molecule has 0 radical (unpaired) electrons. The molecule has 1 aliphatic rings. The Morgan fingerprint density at radius 1 is 1.33 bits per heavy atom. The number of halogens is 3. The largest absolute Gasteiger partial charge is 0.348 e. The van der Waals surface area contributed by atoms with Crippen LogP contribution in [0.5, 0.6) is 0 Å². The van der Waals surface area contributed by atoms with Gasteiger partial charge >= 0.3 is 0 Å². The van der Waals surface area contributed by atoms with E-state index in [1.165, 1.54) is 12.8 Å². The van der Waals surface area contributed by atoms with E-state index in [0.29, 0.717) is 15.4 Å². The number of alkyl halides is 1. The highest BCUT2D eigenvalue weighted by atomic mass is 79.9. The Hall–Kier alpha value is -0.0600. The summed E-state index contributed by atoms with van der Waals surface area (Å²) in [4.78, 5) is 12.5. The Balaban J connectivity index is 2.04. The molecule has 98 valence electrons. The van der Waals surface area contributed by atoms with Crippen LogP contribution in [0.1, 0.15) is 36.0 Å². The Bertz CT molecular complexity index is 453. The van der Waals surface area contributed by atoms with Gasteiger partial charge in [0.25, 0.3) is 5.91 Å². The number of benzene rings is 1. The normalized spacial score (nSPS) is 23.7. The molecule has 1 N–H and O–H groups in total. The zero-order valence-electron chi connectivity index (χ0n) is 9.76. The molecule has 1 aromatic carbocycles. The van der Waals surface area contributed by atoms with Crippen molar-refractivity contribution in [2.75, 3.05) is 0 Å². The van der Waals surface area contributed by atoms with Crippen molar-refractivity contribution in [3.05, 3.63) is 33.3 Å². The third-order valence-electron chi connectivity index (χ3n) is 3.18. The highest BCUT2D eigenvalue weighted by Crippen LogP contribution is 2.26. The number of rotatable bonds is 2. The summed E-state index contributed by atoms with van der Waals surface area (Å²) in [6.45, 7) is 0. The molecule has 0 aromatic heterocycles. The molecule has 1 aliphatic carbocycles. The lowest BCUT2D eigenvalue weighted by Crippen LogP contribution is -2.42. The fourth-order valence-corrected chi connectivity index (χ4v) is 3.28. The fraction of sp³-hybridized carbons (Fsp3) is 0.462. The second-order valence-electron chi connectivity index (χ2n) is 4.51. The number of hydrogen-bond donors (Lipinski definition) is 1. The van der Waals surface area contributed by atoms with E-state index in [9.17, 15) is 4.79 Å². The van der Waals surface area contributed by atoms with Crippen molar-refractivity contribution < 1.29 is 4.79 Å². The average molecular weight is 396 g/mol. The van der Waals surface area contributed by atoms with E-state index in [-0.39, 0.29) is 11.9 Å². The van der Waals surface area contributed by atoms with Crippen LogP contribution in [-0.2, 0) is 0 Å². The zero-order valence-corrected chi connectivity index (χ0v) is 13.7. The predicted octanol–water partition coefficient (Wildman–Crippen LogP) is 4.54. The van der Waals surface area contributed by atoms with E-state index in [1.807, 2.05) is 0 Å². The molecule has 0 aliphatic heterocycles. The summed E-state index contributed by atoms with van der Waals surface area (Å²) in [6.07, 6.45) is 4.55. The van der Waals surface area contributed by atoms with Gasteiger partial charge in [0.2, 0.25) is 0 Å². The van der Waals surface area contributed by atoms with Gasteiger partial charge in [0.15, 0.2) is 0 Å². The van der Waals surface area contributed by atoms with E-state index in [2.05, 4.69) is 37.2 Å². The SMILES string of the molecule is O=C(NC1CCCCC1Br)c1ccc(Br)c(Cl)c1. The molecule has 2 unspecified atom stereocenters. The first-order valence-corrected chi connectivity index (χ1v) is 8.06. The minimum atomic E-state index is -0.0549. The molecule has 1 amide bonds. The molecule has 1 saturated carbocycles. The third kappa shape index (κ3) is 3.49. The van der Waals surface area contributed by atoms with Gasteiger partial charge < -0.3 is 5.32 Å². The number of carbonyl (C=O) groups is 1. The van der Waals surface area contributed by atoms with Gasteiger partial charge in [-0.2, -0.15) is 0 Å². The van der Waals surface area contributed by atoms with E-state index < -0.39 is 0 Å². The van der Waals surface area contributed by atoms with Crippen LogP contribution in [0.15, 0.2) is 22.7 Å². The predicted molar refractivity (Wildman–Crippen MR) is 81.6 cm³/mol. The zero-order chi connectivity index (χ0) is 13.1. The second kappa shape index (κ2) is 6.40. The molecule has 1 aromatic rings. The van der Waals surface area contributed by atoms with Gasteiger partial charge in [-0.25, -0.2) is 0 Å². The Labute approximate surface area is 129 Å². The van der Waals surface area contributed by atoms with E-state index in [1.54, 1.807) is 18.2 Å². The first kappa shape index (κ1) is 14.4. The Kier molecular flexibility index (Phi) is 5.10. The van der Waals surface area contributed by atoms with Gasteiger partial charge in [-0.15, -0.1) is 0 Å². The quantitative estimate of drug-likeness (QED) is 0.732. The minimum Gasteiger partial charge on any atom is -0.348 e. The maximum absolute atomic E-state index is 12.1. The Morgan fingerprint density at radius 2 is 2.06 bits per heavy atom. The monoisotopic (exact) mass is 393 g/mol. The van der Waals surface area contributed by atoms with Crippen LogP contribution in [-0.4, -0.2) is 16.8 Å². The molecule has 0 bridgehead atoms. The molecule has 2 nitrogen and oxygen atoms in total. The van der Waals surface area contributed by atoms with Crippen LogP contribution in [0.4, 0.5) is 0 Å². The molecule has 0 spiro atoms. The summed E-state index contributed by atoms with van der Waals surface area (Å²) in [5.74, 6) is -0.0549. The summed E-state index contributed by atoms with van der Waals surface area (Å²) < 4.78 is 0.803. The topological polar surface area (TPSA) is 29.1 Å². The van der Waals surface area contributed by atoms with Crippen molar-refractivity contribution in [2.24, 2.45) is 0 Å².